The van der Waals surface area contributed by atoms with Crippen LogP contribution in [0.1, 0.15) is 41.7 Å². The lowest BCUT2D eigenvalue weighted by atomic mass is 9.38. The number of halogens is 5. The van der Waals surface area contributed by atoms with E-state index in [1.165, 1.54) is 12.1 Å². The lowest BCUT2D eigenvalue weighted by Crippen LogP contribution is -2.75. The van der Waals surface area contributed by atoms with Gasteiger partial charge in [0.15, 0.2) is 5.78 Å². The number of nitrogens with zero attached hydrogens (tertiary/aromatic N) is 1. The second kappa shape index (κ2) is 7.47. The number of Topliss-reactive ketones (excluding diaryl/α,β-unsaturated/α-hetero) is 1. The van der Waals surface area contributed by atoms with Crippen molar-refractivity contribution in [3.8, 4) is 5.75 Å². The van der Waals surface area contributed by atoms with Gasteiger partial charge in [-0.1, -0.05) is 11.6 Å². The fraction of sp³-hybridized carbons (Fsp3) is 0.381. The Kier molecular flexibility index (Phi) is 5.20. The molecule has 3 saturated carbocycles. The Hall–Kier alpha value is -2.68. The molecule has 1 heterocycles. The number of ether oxygens (including phenoxy) is 1. The molecule has 1 N–H and O–H groups in total. The number of pyridine rings is 1. The van der Waals surface area contributed by atoms with Gasteiger partial charge in [-0.3, -0.25) is 14.6 Å². The molecule has 5 nitrogen and oxygen atoms in total. The molecule has 10 heteroatoms. The minimum atomic E-state index is -4.51. The number of amides is 1. The number of alkyl halides is 3. The fourth-order valence-electron chi connectivity index (χ4n) is 4.52. The molecule has 0 radical (unpaired) electrons. The number of nitrogens with one attached hydrogen (secondary N) is 1. The zero-order chi connectivity index (χ0) is 22.4. The van der Waals surface area contributed by atoms with Gasteiger partial charge in [0.25, 0.3) is 5.91 Å². The zero-order valence-electron chi connectivity index (χ0n) is 16.1. The number of hydrogen-bond donors (Lipinski definition) is 1. The van der Waals surface area contributed by atoms with Crippen molar-refractivity contribution in [1.29, 1.82) is 0 Å². The molecule has 1 amide bonds. The van der Waals surface area contributed by atoms with Crippen molar-refractivity contribution in [3.63, 3.8) is 0 Å². The first-order chi connectivity index (χ1) is 14.5. The summed E-state index contributed by atoms with van der Waals surface area (Å²) in [4.78, 5) is 28.1. The van der Waals surface area contributed by atoms with E-state index in [9.17, 15) is 27.2 Å². The fourth-order valence-corrected chi connectivity index (χ4v) is 4.64. The Morgan fingerprint density at radius 3 is 2.45 bits per heavy atom. The molecular weight excluding hydrogens is 440 g/mol. The van der Waals surface area contributed by atoms with Gasteiger partial charge in [-0.2, -0.15) is 13.2 Å². The minimum absolute atomic E-state index is 0.0358. The van der Waals surface area contributed by atoms with Crippen LogP contribution in [-0.4, -0.2) is 28.8 Å². The number of rotatable bonds is 7. The number of carbonyl (C=O) groups excluding carboxylic acids is 2. The molecule has 2 aromatic rings. The molecule has 0 spiro atoms. The smallest absolute Gasteiger partial charge is 0.417 e. The van der Waals surface area contributed by atoms with E-state index in [-0.39, 0.29) is 40.7 Å². The molecule has 0 aliphatic heterocycles. The Morgan fingerprint density at radius 2 is 1.87 bits per heavy atom. The third-order valence-corrected chi connectivity index (χ3v) is 6.01. The summed E-state index contributed by atoms with van der Waals surface area (Å²) in [5.41, 5.74) is -1.66. The monoisotopic (exact) mass is 456 g/mol. The first-order valence-electron chi connectivity index (χ1n) is 9.45. The van der Waals surface area contributed by atoms with Crippen LogP contribution in [0, 0.1) is 11.2 Å². The van der Waals surface area contributed by atoms with E-state index in [0.717, 1.165) is 18.2 Å². The van der Waals surface area contributed by atoms with Gasteiger partial charge < -0.3 is 10.1 Å². The maximum atomic E-state index is 13.4. The van der Waals surface area contributed by atoms with E-state index in [1.807, 2.05) is 0 Å². The zero-order valence-corrected chi connectivity index (χ0v) is 16.8. The molecule has 31 heavy (non-hydrogen) atoms. The van der Waals surface area contributed by atoms with Crippen LogP contribution in [0.4, 0.5) is 17.6 Å². The summed E-state index contributed by atoms with van der Waals surface area (Å²) in [6.45, 7) is -0.197. The van der Waals surface area contributed by atoms with Crippen molar-refractivity contribution in [2.24, 2.45) is 5.41 Å². The van der Waals surface area contributed by atoms with Crippen molar-refractivity contribution >= 4 is 23.3 Å². The van der Waals surface area contributed by atoms with Crippen LogP contribution < -0.4 is 10.1 Å². The molecule has 0 unspecified atom stereocenters. The summed E-state index contributed by atoms with van der Waals surface area (Å²) in [5.74, 6) is -1.10. The summed E-state index contributed by atoms with van der Waals surface area (Å²) < 4.78 is 56.5. The van der Waals surface area contributed by atoms with Crippen LogP contribution in [0.25, 0.3) is 0 Å². The second-order valence-electron chi connectivity index (χ2n) is 8.27. The van der Waals surface area contributed by atoms with Crippen molar-refractivity contribution in [2.45, 2.75) is 37.4 Å². The molecule has 1 aromatic heterocycles. The van der Waals surface area contributed by atoms with Crippen molar-refractivity contribution in [3.05, 3.63) is 58.6 Å². The van der Waals surface area contributed by atoms with Crippen LogP contribution in [0.2, 0.25) is 5.02 Å². The van der Waals surface area contributed by atoms with Gasteiger partial charge in [-0.25, -0.2) is 4.39 Å². The molecule has 3 aliphatic carbocycles. The highest BCUT2D eigenvalue weighted by Crippen LogP contribution is 2.69. The molecule has 3 fully saturated rings. The largest absolute Gasteiger partial charge is 0.486 e. The average molecular weight is 457 g/mol. The summed E-state index contributed by atoms with van der Waals surface area (Å²) >= 11 is 5.60. The number of hydrogen-bond acceptors (Lipinski definition) is 4. The average Bonchev–Trinajstić information content (AvgIpc) is 2.65. The third-order valence-electron chi connectivity index (χ3n) is 5.71. The summed E-state index contributed by atoms with van der Waals surface area (Å²) in [5, 5.41) is 2.79. The number of aromatic nitrogens is 1. The minimum Gasteiger partial charge on any atom is -0.486 e. The first kappa shape index (κ1) is 21.5. The van der Waals surface area contributed by atoms with Gasteiger partial charge in [0.2, 0.25) is 0 Å². The molecule has 5 rings (SSSR count). The van der Waals surface area contributed by atoms with E-state index < -0.39 is 29.0 Å². The van der Waals surface area contributed by atoms with Gasteiger partial charge in [-0.15, -0.1) is 0 Å². The lowest BCUT2D eigenvalue weighted by molar-refractivity contribution is -0.162. The quantitative estimate of drug-likeness (QED) is 0.619. The standard InChI is InChI=1S/C21H17ClF4N2O3/c22-15-3-2-14(5-16(15)23)31-8-13(29)6-19-9-20(10-19,11-19)28-18(30)17-4-1-12(7-27-17)21(24,25)26/h1-5,7H,6,8-11H2,(H,28,30). The van der Waals surface area contributed by atoms with E-state index in [4.69, 9.17) is 16.3 Å². The van der Waals surface area contributed by atoms with Crippen LogP contribution in [-0.2, 0) is 11.0 Å². The molecule has 0 saturated heterocycles. The number of benzene rings is 1. The molecule has 164 valence electrons. The molecule has 3 aliphatic rings. The highest BCUT2D eigenvalue weighted by Gasteiger charge is 2.68. The normalized spacial score (nSPS) is 24.0. The van der Waals surface area contributed by atoms with E-state index in [0.29, 0.717) is 25.5 Å². The van der Waals surface area contributed by atoms with E-state index in [1.54, 1.807) is 0 Å². The van der Waals surface area contributed by atoms with Gasteiger partial charge in [0.1, 0.15) is 23.9 Å². The van der Waals surface area contributed by atoms with Crippen LogP contribution >= 0.6 is 11.6 Å². The highest BCUT2D eigenvalue weighted by atomic mass is 35.5. The number of carbonyl (C=O) groups is 2. The van der Waals surface area contributed by atoms with E-state index >= 15 is 0 Å². The topological polar surface area (TPSA) is 68.3 Å². The predicted octanol–water partition coefficient (Wildman–Crippen LogP) is 4.58. The molecule has 0 atom stereocenters. The van der Waals surface area contributed by atoms with Crippen LogP contribution in [0.3, 0.4) is 0 Å². The lowest BCUT2D eigenvalue weighted by Gasteiger charge is -2.70. The summed E-state index contributed by atoms with van der Waals surface area (Å²) in [7, 11) is 0. The highest BCUT2D eigenvalue weighted by molar-refractivity contribution is 6.30. The van der Waals surface area contributed by atoms with Gasteiger partial charge >= 0.3 is 6.18 Å². The van der Waals surface area contributed by atoms with Gasteiger partial charge in [0, 0.05) is 24.2 Å². The van der Waals surface area contributed by atoms with Gasteiger partial charge in [-0.05, 0) is 48.9 Å². The van der Waals surface area contributed by atoms with Crippen molar-refractivity contribution < 1.29 is 31.9 Å². The Labute approximate surface area is 179 Å². The Morgan fingerprint density at radius 1 is 1.16 bits per heavy atom. The molecular formula is C21H17ClF4N2O3. The molecule has 2 bridgehead atoms. The SMILES string of the molecule is O=C(COc1ccc(Cl)c(F)c1)CC12CC(NC(=O)c3ccc(C(F)(F)F)cn3)(C1)C2. The third kappa shape index (κ3) is 4.37. The maximum absolute atomic E-state index is 13.4. The van der Waals surface area contributed by atoms with Crippen molar-refractivity contribution in [1.82, 2.24) is 10.3 Å². The van der Waals surface area contributed by atoms with Gasteiger partial charge in [0.05, 0.1) is 10.6 Å². The predicted molar refractivity (Wildman–Crippen MR) is 102 cm³/mol. The maximum Gasteiger partial charge on any atom is 0.417 e. The van der Waals surface area contributed by atoms with E-state index in [2.05, 4.69) is 10.3 Å². The number of ketones is 1. The van der Waals surface area contributed by atoms with Crippen molar-refractivity contribution in [2.75, 3.05) is 6.61 Å². The summed E-state index contributed by atoms with van der Waals surface area (Å²) in [6.07, 6.45) is -1.79. The van der Waals surface area contributed by atoms with Crippen LogP contribution in [0.5, 0.6) is 5.75 Å². The van der Waals surface area contributed by atoms with Crippen LogP contribution in [0.15, 0.2) is 36.5 Å². The Bertz CT molecular complexity index is 1020. The second-order valence-corrected chi connectivity index (χ2v) is 8.68. The Balaban J connectivity index is 1.24. The first-order valence-corrected chi connectivity index (χ1v) is 9.83. The molecule has 1 aromatic carbocycles. The summed E-state index contributed by atoms with van der Waals surface area (Å²) in [6, 6.07) is 5.78.